The summed E-state index contributed by atoms with van der Waals surface area (Å²) in [5.41, 5.74) is 2.69. The summed E-state index contributed by atoms with van der Waals surface area (Å²) in [6, 6.07) is 2.86. The first-order valence-electron chi connectivity index (χ1n) is 11.0. The van der Waals surface area contributed by atoms with Crippen LogP contribution in [0.2, 0.25) is 0 Å². The molecule has 0 bridgehead atoms. The number of hydrogen-bond donors (Lipinski definition) is 6. The Hall–Kier alpha value is -4.45. The zero-order valence-corrected chi connectivity index (χ0v) is 18.6. The van der Waals surface area contributed by atoms with E-state index in [1.165, 1.54) is 18.5 Å². The minimum absolute atomic E-state index is 0.0189. The number of aliphatic hydroxyl groups excluding tert-OH is 2. The summed E-state index contributed by atoms with van der Waals surface area (Å²) in [6.07, 6.45) is 2.18. The molecule has 3 atom stereocenters. The van der Waals surface area contributed by atoms with E-state index < -0.39 is 64.3 Å². The highest BCUT2D eigenvalue weighted by molar-refractivity contribution is 6.22. The number of nitrogens with one attached hydrogen (secondary N) is 1. The number of carbonyl (C=O) groups is 4. The number of benzene rings is 1. The van der Waals surface area contributed by atoms with Gasteiger partial charge in [-0.15, -0.1) is 0 Å². The molecule has 1 heterocycles. The maximum absolute atomic E-state index is 13.5. The van der Waals surface area contributed by atoms with Crippen molar-refractivity contribution in [3.05, 3.63) is 63.8 Å². The standard InChI is InChI=1S/C24H21N3O9/c25-22(33)18-15(29)5-12-3-10-4-13-9(6-26-23(34)11-7-27-36-8-11)1-2-14(28)17(13)19(30)16(10)20(31)24(12,35)21(18)32/h1-2,7-8,10,12,28,30,32,35H,3-6H2,(H2,25,33)(H,26,34). The van der Waals surface area contributed by atoms with Crippen LogP contribution in [0.25, 0.3) is 5.76 Å². The molecule has 1 aromatic heterocycles. The van der Waals surface area contributed by atoms with E-state index in [0.29, 0.717) is 11.1 Å². The SMILES string of the molecule is NC(=O)C1=C(O)C2(O)C(=O)C3=C(O)c4c(O)ccc(CNC(=O)c5cnoc5)c4CC3CC2CC1=O. The lowest BCUT2D eigenvalue weighted by molar-refractivity contribution is -0.147. The molecular formula is C24H21N3O9. The van der Waals surface area contributed by atoms with E-state index in [4.69, 9.17) is 5.73 Å². The number of primary amides is 1. The Morgan fingerprint density at radius 3 is 2.61 bits per heavy atom. The number of carbonyl (C=O) groups excluding carboxylic acids is 4. The second-order valence-electron chi connectivity index (χ2n) is 9.10. The molecule has 7 N–H and O–H groups in total. The van der Waals surface area contributed by atoms with E-state index >= 15 is 0 Å². The average molecular weight is 495 g/mol. The lowest BCUT2D eigenvalue weighted by Gasteiger charge is -2.46. The van der Waals surface area contributed by atoms with E-state index in [0.717, 1.165) is 0 Å². The minimum atomic E-state index is -2.62. The zero-order valence-electron chi connectivity index (χ0n) is 18.6. The van der Waals surface area contributed by atoms with Crippen LogP contribution >= 0.6 is 0 Å². The fraction of sp³-hybridized carbons (Fsp3) is 0.292. The monoisotopic (exact) mass is 495 g/mol. The van der Waals surface area contributed by atoms with Crippen molar-refractivity contribution in [1.29, 1.82) is 0 Å². The van der Waals surface area contributed by atoms with Gasteiger partial charge in [-0.1, -0.05) is 11.2 Å². The predicted octanol–water partition coefficient (Wildman–Crippen LogP) is 0.342. The van der Waals surface area contributed by atoms with Crippen molar-refractivity contribution in [2.45, 2.75) is 31.4 Å². The first kappa shape index (κ1) is 23.3. The van der Waals surface area contributed by atoms with Crippen LogP contribution in [0.4, 0.5) is 0 Å². The summed E-state index contributed by atoms with van der Waals surface area (Å²) in [5.74, 6) is -7.36. The molecule has 12 heteroatoms. The molecule has 3 aliphatic carbocycles. The summed E-state index contributed by atoms with van der Waals surface area (Å²) < 4.78 is 4.66. The molecule has 1 saturated carbocycles. The lowest BCUT2D eigenvalue weighted by atomic mass is 9.59. The van der Waals surface area contributed by atoms with Crippen molar-refractivity contribution in [3.63, 3.8) is 0 Å². The zero-order chi connectivity index (χ0) is 25.9. The van der Waals surface area contributed by atoms with Crippen molar-refractivity contribution in [1.82, 2.24) is 10.5 Å². The number of ketones is 2. The molecular weight excluding hydrogens is 474 g/mol. The van der Waals surface area contributed by atoms with Crippen LogP contribution in [0.3, 0.4) is 0 Å². The topological polar surface area (TPSA) is 213 Å². The maximum atomic E-state index is 13.5. The summed E-state index contributed by atoms with van der Waals surface area (Å²) in [6.45, 7) is 0.0211. The van der Waals surface area contributed by atoms with Crippen molar-refractivity contribution in [2.75, 3.05) is 0 Å². The van der Waals surface area contributed by atoms with Gasteiger partial charge in [0.25, 0.3) is 11.8 Å². The summed E-state index contributed by atoms with van der Waals surface area (Å²) >= 11 is 0. The first-order valence-corrected chi connectivity index (χ1v) is 11.0. The number of amides is 2. The van der Waals surface area contributed by atoms with Gasteiger partial charge in [0.05, 0.1) is 17.3 Å². The fourth-order valence-corrected chi connectivity index (χ4v) is 5.45. The van der Waals surface area contributed by atoms with Crippen LogP contribution in [-0.2, 0) is 27.3 Å². The number of aromatic nitrogens is 1. The van der Waals surface area contributed by atoms with E-state index in [-0.39, 0.29) is 41.8 Å². The molecule has 36 heavy (non-hydrogen) atoms. The molecule has 2 amide bonds. The van der Waals surface area contributed by atoms with Gasteiger partial charge in [-0.2, -0.15) is 0 Å². The van der Waals surface area contributed by atoms with Crippen molar-refractivity contribution in [3.8, 4) is 5.75 Å². The Morgan fingerprint density at radius 1 is 1.19 bits per heavy atom. The van der Waals surface area contributed by atoms with Crippen LogP contribution < -0.4 is 11.1 Å². The van der Waals surface area contributed by atoms with Gasteiger partial charge in [0.2, 0.25) is 5.78 Å². The number of fused-ring (bicyclic) bond motifs is 3. The maximum Gasteiger partial charge on any atom is 0.256 e. The second-order valence-corrected chi connectivity index (χ2v) is 9.10. The fourth-order valence-electron chi connectivity index (χ4n) is 5.45. The van der Waals surface area contributed by atoms with Gasteiger partial charge in [-0.05, 0) is 36.0 Å². The molecule has 0 radical (unpaired) electrons. The lowest BCUT2D eigenvalue weighted by Crippen LogP contribution is -2.58. The number of nitrogens with two attached hydrogens (primary N) is 1. The molecule has 1 aromatic carbocycles. The smallest absolute Gasteiger partial charge is 0.256 e. The highest BCUT2D eigenvalue weighted by Gasteiger charge is 2.60. The second kappa shape index (κ2) is 8.05. The summed E-state index contributed by atoms with van der Waals surface area (Å²) in [4.78, 5) is 49.9. The number of nitrogens with zero attached hydrogens (tertiary/aromatic N) is 1. The summed E-state index contributed by atoms with van der Waals surface area (Å²) in [5, 5.41) is 49.6. The van der Waals surface area contributed by atoms with Crippen molar-refractivity contribution >= 4 is 29.1 Å². The number of aliphatic hydroxyl groups is 3. The van der Waals surface area contributed by atoms with Crippen molar-refractivity contribution in [2.24, 2.45) is 17.6 Å². The molecule has 0 saturated heterocycles. The number of phenols is 1. The predicted molar refractivity (Wildman–Crippen MR) is 119 cm³/mol. The van der Waals surface area contributed by atoms with Gasteiger partial charge in [-0.25, -0.2) is 0 Å². The van der Waals surface area contributed by atoms with Crippen molar-refractivity contribution < 1.29 is 44.1 Å². The molecule has 3 unspecified atom stereocenters. The van der Waals surface area contributed by atoms with E-state index in [1.54, 1.807) is 6.07 Å². The van der Waals surface area contributed by atoms with Gasteiger partial charge in [0.1, 0.15) is 29.1 Å². The van der Waals surface area contributed by atoms with Crippen LogP contribution in [0, 0.1) is 11.8 Å². The molecule has 12 nitrogen and oxygen atoms in total. The molecule has 1 fully saturated rings. The van der Waals surface area contributed by atoms with E-state index in [2.05, 4.69) is 15.0 Å². The Labute approximate surface area is 202 Å². The largest absolute Gasteiger partial charge is 0.508 e. The Morgan fingerprint density at radius 2 is 1.94 bits per heavy atom. The highest BCUT2D eigenvalue weighted by Crippen LogP contribution is 2.52. The highest BCUT2D eigenvalue weighted by atomic mass is 16.5. The third kappa shape index (κ3) is 3.22. The molecule has 0 spiro atoms. The average Bonchev–Trinajstić information content (AvgIpc) is 3.35. The quantitative estimate of drug-likeness (QED) is 0.320. The van der Waals surface area contributed by atoms with E-state index in [1.807, 2.05) is 0 Å². The third-order valence-corrected chi connectivity index (χ3v) is 7.18. The van der Waals surface area contributed by atoms with Gasteiger partial charge in [0.15, 0.2) is 11.4 Å². The van der Waals surface area contributed by atoms with Crippen LogP contribution in [0.1, 0.15) is 39.9 Å². The number of hydrogen-bond acceptors (Lipinski definition) is 10. The Kier molecular flexibility index (Phi) is 5.21. The molecule has 186 valence electrons. The minimum Gasteiger partial charge on any atom is -0.508 e. The van der Waals surface area contributed by atoms with Gasteiger partial charge in [0, 0.05) is 24.5 Å². The van der Waals surface area contributed by atoms with Crippen LogP contribution in [0.15, 0.2) is 46.0 Å². The van der Waals surface area contributed by atoms with Crippen LogP contribution in [-0.4, -0.2) is 54.6 Å². The van der Waals surface area contributed by atoms with Crippen LogP contribution in [0.5, 0.6) is 5.75 Å². The Bertz CT molecular complexity index is 1410. The number of phenolic OH excluding ortho intramolecular Hbond substituents is 1. The van der Waals surface area contributed by atoms with Gasteiger partial charge >= 0.3 is 0 Å². The first-order chi connectivity index (χ1) is 17.1. The number of Topliss-reactive ketones (excluding diaryl/α,β-unsaturated/α-hetero) is 2. The third-order valence-electron chi connectivity index (χ3n) is 7.18. The number of rotatable bonds is 4. The molecule has 5 rings (SSSR count). The van der Waals surface area contributed by atoms with Gasteiger partial charge in [-0.3, -0.25) is 19.2 Å². The number of aromatic hydroxyl groups is 1. The van der Waals surface area contributed by atoms with E-state index in [9.17, 15) is 39.6 Å². The normalized spacial score (nSPS) is 25.2. The summed E-state index contributed by atoms with van der Waals surface area (Å²) in [7, 11) is 0. The molecule has 0 aliphatic heterocycles. The Balaban J connectivity index is 1.56. The molecule has 2 aromatic rings. The molecule has 3 aliphatic rings. The van der Waals surface area contributed by atoms with Gasteiger partial charge < -0.3 is 36.0 Å².